The predicted octanol–water partition coefficient (Wildman–Crippen LogP) is 7.26. The first-order valence-electron chi connectivity index (χ1n) is 13.2. The maximum absolute atomic E-state index is 6.57. The van der Waals surface area contributed by atoms with Crippen LogP contribution in [0.5, 0.6) is 11.5 Å². The molecule has 2 N–H and O–H groups in total. The van der Waals surface area contributed by atoms with Crippen LogP contribution in [0, 0.1) is 0 Å². The third-order valence-corrected chi connectivity index (χ3v) is 7.49. The van der Waals surface area contributed by atoms with Crippen molar-refractivity contribution >= 4 is 5.78 Å². The van der Waals surface area contributed by atoms with Crippen molar-refractivity contribution in [3.8, 4) is 45.3 Å². The van der Waals surface area contributed by atoms with E-state index < -0.39 is 0 Å². The average Bonchev–Trinajstić information content (AvgIpc) is 3.40. The molecule has 39 heavy (non-hydrogen) atoms. The van der Waals surface area contributed by atoms with Crippen LogP contribution in [0.4, 0.5) is 0 Å². The van der Waals surface area contributed by atoms with Crippen LogP contribution in [-0.4, -0.2) is 19.6 Å². The molecule has 0 spiro atoms. The first kappa shape index (κ1) is 23.3. The van der Waals surface area contributed by atoms with E-state index in [0.29, 0.717) is 11.6 Å². The minimum atomic E-state index is -0.193. The molecule has 0 bridgehead atoms. The second-order valence-electron chi connectivity index (χ2n) is 10.1. The van der Waals surface area contributed by atoms with Crippen LogP contribution in [0.3, 0.4) is 0 Å². The number of rotatable bonds is 6. The molecule has 6 nitrogen and oxygen atoms in total. The van der Waals surface area contributed by atoms with Crippen LogP contribution >= 0.6 is 0 Å². The second-order valence-corrected chi connectivity index (χ2v) is 10.1. The van der Waals surface area contributed by atoms with Gasteiger partial charge in [0.05, 0.1) is 5.69 Å². The van der Waals surface area contributed by atoms with Gasteiger partial charge in [-0.05, 0) is 66.8 Å². The number of nitrogens with two attached hydrogens (primary N) is 1. The summed E-state index contributed by atoms with van der Waals surface area (Å²) in [5, 5.41) is 4.77. The second kappa shape index (κ2) is 9.49. The zero-order valence-corrected chi connectivity index (χ0v) is 21.4. The maximum Gasteiger partial charge on any atom is 0.253 e. The van der Waals surface area contributed by atoms with Crippen molar-refractivity contribution in [2.45, 2.75) is 24.8 Å². The Hall–Kier alpha value is -4.81. The van der Waals surface area contributed by atoms with Crippen LogP contribution in [0.1, 0.15) is 24.8 Å². The lowest BCUT2D eigenvalue weighted by molar-refractivity contribution is 0.253. The van der Waals surface area contributed by atoms with Crippen molar-refractivity contribution in [3.05, 3.63) is 121 Å². The highest BCUT2D eigenvalue weighted by atomic mass is 16.5. The van der Waals surface area contributed by atoms with Crippen molar-refractivity contribution in [2.24, 2.45) is 5.73 Å². The molecule has 2 heterocycles. The van der Waals surface area contributed by atoms with E-state index >= 15 is 0 Å². The summed E-state index contributed by atoms with van der Waals surface area (Å²) in [7, 11) is 0. The van der Waals surface area contributed by atoms with Gasteiger partial charge < -0.3 is 10.5 Å². The van der Waals surface area contributed by atoms with Gasteiger partial charge in [0, 0.05) is 28.4 Å². The molecule has 0 atom stereocenters. The van der Waals surface area contributed by atoms with Crippen LogP contribution in [0.15, 0.2) is 115 Å². The van der Waals surface area contributed by atoms with E-state index in [1.165, 1.54) is 12.0 Å². The number of para-hydroxylation sites is 1. The Balaban J connectivity index is 1.26. The first-order chi connectivity index (χ1) is 19.1. The highest BCUT2D eigenvalue weighted by molar-refractivity contribution is 5.81. The average molecular weight is 510 g/mol. The molecule has 6 aromatic rings. The number of aromatic nitrogens is 4. The predicted molar refractivity (Wildman–Crippen MR) is 153 cm³/mol. The quantitative estimate of drug-likeness (QED) is 0.256. The van der Waals surface area contributed by atoms with E-state index in [-0.39, 0.29) is 5.54 Å². The van der Waals surface area contributed by atoms with E-state index in [1.54, 1.807) is 4.52 Å². The Morgan fingerprint density at radius 3 is 1.97 bits per heavy atom. The molecule has 2 aromatic heterocycles. The van der Waals surface area contributed by atoms with Gasteiger partial charge in [-0.1, -0.05) is 72.8 Å². The Kier molecular flexibility index (Phi) is 5.68. The lowest BCUT2D eigenvalue weighted by Crippen LogP contribution is -2.43. The van der Waals surface area contributed by atoms with E-state index in [1.807, 2.05) is 79.0 Å². The third kappa shape index (κ3) is 4.45. The summed E-state index contributed by atoms with van der Waals surface area (Å²) in [6.45, 7) is 0. The van der Waals surface area contributed by atoms with E-state index in [4.69, 9.17) is 25.5 Å². The van der Waals surface area contributed by atoms with Crippen LogP contribution in [0.25, 0.3) is 39.5 Å². The lowest BCUT2D eigenvalue weighted by Gasteiger charge is -2.38. The fraction of sp³-hybridized carbons (Fsp3) is 0.121. The Labute approximate surface area is 226 Å². The number of hydrogen-bond acceptors (Lipinski definition) is 5. The molecule has 1 saturated carbocycles. The highest BCUT2D eigenvalue weighted by Crippen LogP contribution is 2.40. The Morgan fingerprint density at radius 1 is 0.667 bits per heavy atom. The van der Waals surface area contributed by atoms with Crippen molar-refractivity contribution in [3.63, 3.8) is 0 Å². The molecule has 190 valence electrons. The van der Waals surface area contributed by atoms with Crippen LogP contribution in [-0.2, 0) is 5.54 Å². The monoisotopic (exact) mass is 509 g/mol. The van der Waals surface area contributed by atoms with Gasteiger partial charge in [-0.15, -0.1) is 5.10 Å². The van der Waals surface area contributed by atoms with Gasteiger partial charge in [0.15, 0.2) is 5.82 Å². The molecule has 7 rings (SSSR count). The van der Waals surface area contributed by atoms with Gasteiger partial charge in [0.1, 0.15) is 11.5 Å². The summed E-state index contributed by atoms with van der Waals surface area (Å²) in [4.78, 5) is 9.78. The molecular weight excluding hydrogens is 482 g/mol. The van der Waals surface area contributed by atoms with E-state index in [0.717, 1.165) is 52.3 Å². The number of nitrogens with zero attached hydrogens (tertiary/aromatic N) is 4. The molecule has 0 aliphatic heterocycles. The maximum atomic E-state index is 6.57. The molecule has 4 aromatic carbocycles. The molecule has 0 radical (unpaired) electrons. The molecule has 6 heteroatoms. The summed E-state index contributed by atoms with van der Waals surface area (Å²) in [5.74, 6) is 2.70. The summed E-state index contributed by atoms with van der Waals surface area (Å²) in [6, 6.07) is 36.3. The number of hydrogen-bond donors (Lipinski definition) is 1. The number of ether oxygens (including phenoxy) is 1. The van der Waals surface area contributed by atoms with Gasteiger partial charge in [-0.2, -0.15) is 4.98 Å². The molecule has 0 amide bonds. The van der Waals surface area contributed by atoms with Crippen molar-refractivity contribution in [1.82, 2.24) is 19.6 Å². The zero-order chi connectivity index (χ0) is 26.2. The normalized spacial score (nSPS) is 14.2. The zero-order valence-electron chi connectivity index (χ0n) is 21.4. The Morgan fingerprint density at radius 2 is 1.31 bits per heavy atom. The smallest absolute Gasteiger partial charge is 0.253 e. The minimum Gasteiger partial charge on any atom is -0.457 e. The number of benzene rings is 4. The van der Waals surface area contributed by atoms with Gasteiger partial charge >= 0.3 is 0 Å². The molecule has 0 saturated heterocycles. The summed E-state index contributed by atoms with van der Waals surface area (Å²) >= 11 is 0. The van der Waals surface area contributed by atoms with Crippen molar-refractivity contribution in [2.75, 3.05) is 0 Å². The van der Waals surface area contributed by atoms with E-state index in [2.05, 4.69) is 36.4 Å². The molecule has 1 aliphatic rings. The van der Waals surface area contributed by atoms with Crippen LogP contribution < -0.4 is 10.5 Å². The van der Waals surface area contributed by atoms with E-state index in [9.17, 15) is 0 Å². The first-order valence-corrected chi connectivity index (χ1v) is 13.2. The summed E-state index contributed by atoms with van der Waals surface area (Å²) in [5.41, 5.74) is 12.4. The van der Waals surface area contributed by atoms with Gasteiger partial charge in [-0.3, -0.25) is 0 Å². The highest BCUT2D eigenvalue weighted by Gasteiger charge is 2.34. The van der Waals surface area contributed by atoms with Crippen molar-refractivity contribution < 1.29 is 4.74 Å². The van der Waals surface area contributed by atoms with Gasteiger partial charge in [-0.25, -0.2) is 9.50 Å². The SMILES string of the molecule is NC1(c2ccc(-c3nc4nc(-c5ccc(Oc6ccccc6)cc5)nn4cc3-c3ccccc3)cc2)CCC1. The topological polar surface area (TPSA) is 78.3 Å². The summed E-state index contributed by atoms with van der Waals surface area (Å²) < 4.78 is 7.69. The molecular formula is C33H27N5O. The molecule has 0 unspecified atom stereocenters. The van der Waals surface area contributed by atoms with Gasteiger partial charge in [0.25, 0.3) is 5.78 Å². The fourth-order valence-corrected chi connectivity index (χ4v) is 5.10. The largest absolute Gasteiger partial charge is 0.457 e. The lowest BCUT2D eigenvalue weighted by atomic mass is 9.72. The standard InChI is InChI=1S/C33H27N5O/c34-33(20-7-21-33)26-16-12-24(13-17-26)30-29(23-8-3-1-4-9-23)22-38-32(35-30)36-31(37-38)25-14-18-28(19-15-25)39-27-10-5-2-6-11-27/h1-6,8-19,22H,7,20-21,34H2. The third-order valence-electron chi connectivity index (χ3n) is 7.49. The molecule has 1 aliphatic carbocycles. The van der Waals surface area contributed by atoms with Crippen LogP contribution in [0.2, 0.25) is 0 Å². The summed E-state index contributed by atoms with van der Waals surface area (Å²) in [6.07, 6.45) is 5.27. The minimum absolute atomic E-state index is 0.193. The Bertz CT molecular complexity index is 1740. The molecule has 1 fully saturated rings. The fourth-order valence-electron chi connectivity index (χ4n) is 5.10. The van der Waals surface area contributed by atoms with Gasteiger partial charge in [0.2, 0.25) is 0 Å². The number of fused-ring (bicyclic) bond motifs is 1. The van der Waals surface area contributed by atoms with Crippen molar-refractivity contribution in [1.29, 1.82) is 0 Å².